The largest absolute Gasteiger partial charge is 0.449 e. The highest BCUT2D eigenvalue weighted by atomic mass is 32.2. The summed E-state index contributed by atoms with van der Waals surface area (Å²) in [7, 11) is -3.54. The first-order chi connectivity index (χ1) is 13.7. The summed E-state index contributed by atoms with van der Waals surface area (Å²) < 4.78 is 31.3. The number of imide groups is 1. The van der Waals surface area contributed by atoms with E-state index in [9.17, 15) is 22.8 Å². The predicted molar refractivity (Wildman–Crippen MR) is 106 cm³/mol. The lowest BCUT2D eigenvalue weighted by molar-refractivity contribution is -0.153. The van der Waals surface area contributed by atoms with Gasteiger partial charge >= 0.3 is 12.0 Å². The number of carbonyl (C=O) groups excluding carboxylic acids is 3. The molecule has 1 aromatic carbocycles. The molecule has 3 amide bonds. The Hall–Kier alpha value is -2.72. The van der Waals surface area contributed by atoms with Gasteiger partial charge in [0.2, 0.25) is 10.0 Å². The molecule has 1 aliphatic rings. The van der Waals surface area contributed by atoms with Gasteiger partial charge in [0, 0.05) is 32.3 Å². The Bertz CT molecular complexity index is 891. The summed E-state index contributed by atoms with van der Waals surface area (Å²) >= 11 is 0. The predicted octanol–water partition coefficient (Wildman–Crippen LogP) is 1.21. The van der Waals surface area contributed by atoms with Crippen LogP contribution < -0.4 is 5.32 Å². The lowest BCUT2D eigenvalue weighted by atomic mass is 10.2. The van der Waals surface area contributed by atoms with Crippen molar-refractivity contribution >= 4 is 34.0 Å². The maximum atomic E-state index is 12.5. The second-order valence-electron chi connectivity index (χ2n) is 6.29. The summed E-state index contributed by atoms with van der Waals surface area (Å²) in [6.45, 7) is 6.29. The van der Waals surface area contributed by atoms with Gasteiger partial charge in [-0.25, -0.2) is 18.0 Å². The summed E-state index contributed by atoms with van der Waals surface area (Å²) in [5.74, 6) is -1.34. The normalized spacial score (nSPS) is 15.6. The Morgan fingerprint density at radius 3 is 2.38 bits per heavy atom. The third-order valence-corrected chi connectivity index (χ3v) is 6.46. The van der Waals surface area contributed by atoms with Crippen LogP contribution in [0.1, 0.15) is 26.3 Å². The molecule has 9 nitrogen and oxygen atoms in total. The Labute approximate surface area is 170 Å². The average molecular weight is 423 g/mol. The van der Waals surface area contributed by atoms with Crippen molar-refractivity contribution in [3.8, 4) is 0 Å². The zero-order valence-corrected chi connectivity index (χ0v) is 17.4. The number of nitrogens with one attached hydrogen (secondary N) is 1. The molecule has 10 heteroatoms. The molecular weight excluding hydrogens is 398 g/mol. The van der Waals surface area contributed by atoms with Crippen LogP contribution in [0.5, 0.6) is 0 Å². The summed E-state index contributed by atoms with van der Waals surface area (Å²) in [5, 5.41) is 2.50. The zero-order chi connectivity index (χ0) is 21.6. The van der Waals surface area contributed by atoms with E-state index in [1.807, 2.05) is 0 Å². The lowest BCUT2D eigenvalue weighted by Gasteiger charge is -2.18. The minimum atomic E-state index is -3.54. The lowest BCUT2D eigenvalue weighted by Crippen LogP contribution is -2.41. The number of esters is 1. The molecule has 1 heterocycles. The Morgan fingerprint density at radius 1 is 1.24 bits per heavy atom. The van der Waals surface area contributed by atoms with Gasteiger partial charge in [-0.05, 0) is 30.7 Å². The minimum absolute atomic E-state index is 0.170. The first-order valence-corrected chi connectivity index (χ1v) is 10.7. The fourth-order valence-corrected chi connectivity index (χ4v) is 4.25. The smallest absolute Gasteiger partial charge is 0.331 e. The number of hydrogen-bond donors (Lipinski definition) is 1. The number of rotatable bonds is 8. The van der Waals surface area contributed by atoms with Crippen molar-refractivity contribution in [1.82, 2.24) is 14.5 Å². The molecule has 158 valence electrons. The number of nitrogens with zero attached hydrogens (tertiary/aromatic N) is 2. The first-order valence-electron chi connectivity index (χ1n) is 9.28. The quantitative estimate of drug-likeness (QED) is 0.497. The Kier molecular flexibility index (Phi) is 7.52. The van der Waals surface area contributed by atoms with Gasteiger partial charge in [-0.15, -0.1) is 0 Å². The number of urea groups is 1. The van der Waals surface area contributed by atoms with Crippen LogP contribution in [0.4, 0.5) is 4.79 Å². The van der Waals surface area contributed by atoms with E-state index in [4.69, 9.17) is 4.74 Å². The maximum Gasteiger partial charge on any atom is 0.331 e. The number of ether oxygens (including phenoxy) is 1. The van der Waals surface area contributed by atoms with Gasteiger partial charge in [0.1, 0.15) is 0 Å². The van der Waals surface area contributed by atoms with Crippen LogP contribution in [0.15, 0.2) is 35.2 Å². The van der Waals surface area contributed by atoms with Crippen molar-refractivity contribution in [3.63, 3.8) is 0 Å². The van der Waals surface area contributed by atoms with E-state index >= 15 is 0 Å². The molecule has 1 unspecified atom stereocenters. The topological polar surface area (TPSA) is 113 Å². The Balaban J connectivity index is 1.98. The van der Waals surface area contributed by atoms with Gasteiger partial charge in [0.25, 0.3) is 5.91 Å². The van der Waals surface area contributed by atoms with E-state index < -0.39 is 34.0 Å². The molecule has 0 radical (unpaired) electrons. The first kappa shape index (κ1) is 22.6. The van der Waals surface area contributed by atoms with Crippen molar-refractivity contribution < 1.29 is 27.5 Å². The average Bonchev–Trinajstić information content (AvgIpc) is 3.12. The molecule has 29 heavy (non-hydrogen) atoms. The molecule has 0 spiro atoms. The van der Waals surface area contributed by atoms with Crippen LogP contribution in [0.2, 0.25) is 0 Å². The fourth-order valence-electron chi connectivity index (χ4n) is 2.79. The van der Waals surface area contributed by atoms with E-state index in [1.165, 1.54) is 29.4 Å². The molecule has 1 atom stereocenters. The van der Waals surface area contributed by atoms with Gasteiger partial charge < -0.3 is 10.1 Å². The van der Waals surface area contributed by atoms with Crippen molar-refractivity contribution in [1.29, 1.82) is 0 Å². The van der Waals surface area contributed by atoms with E-state index in [1.54, 1.807) is 26.0 Å². The number of carbonyl (C=O) groups is 3. The van der Waals surface area contributed by atoms with Crippen LogP contribution in [0.25, 0.3) is 6.08 Å². The van der Waals surface area contributed by atoms with Crippen LogP contribution in [-0.4, -0.2) is 67.8 Å². The fraction of sp³-hybridized carbons (Fsp3) is 0.421. The van der Waals surface area contributed by atoms with E-state index in [2.05, 4.69) is 5.32 Å². The minimum Gasteiger partial charge on any atom is -0.449 e. The van der Waals surface area contributed by atoms with Crippen molar-refractivity contribution in [2.24, 2.45) is 0 Å². The summed E-state index contributed by atoms with van der Waals surface area (Å²) in [5.41, 5.74) is 0.596. The molecule has 0 aliphatic carbocycles. The third-order valence-electron chi connectivity index (χ3n) is 4.40. The van der Waals surface area contributed by atoms with Gasteiger partial charge in [-0.1, -0.05) is 26.0 Å². The van der Waals surface area contributed by atoms with Crippen LogP contribution >= 0.6 is 0 Å². The molecule has 1 saturated heterocycles. The van der Waals surface area contributed by atoms with E-state index in [0.29, 0.717) is 25.2 Å². The molecule has 0 saturated carbocycles. The maximum absolute atomic E-state index is 12.5. The third kappa shape index (κ3) is 5.42. The van der Waals surface area contributed by atoms with Gasteiger partial charge in [0.15, 0.2) is 6.10 Å². The van der Waals surface area contributed by atoms with Crippen molar-refractivity contribution in [2.45, 2.75) is 31.8 Å². The molecular formula is C19H25N3O6S. The zero-order valence-electron chi connectivity index (χ0n) is 16.6. The second kappa shape index (κ2) is 9.66. The molecule has 2 rings (SSSR count). The molecule has 1 N–H and O–H groups in total. The van der Waals surface area contributed by atoms with Gasteiger partial charge in [-0.2, -0.15) is 4.31 Å². The molecule has 0 bridgehead atoms. The highest BCUT2D eigenvalue weighted by Crippen LogP contribution is 2.17. The SMILES string of the molecule is CCN(CC)S(=O)(=O)c1ccc(/C=C/C(=O)OC(C)C(=O)N2CCNC2=O)cc1. The van der Waals surface area contributed by atoms with Crippen molar-refractivity contribution in [3.05, 3.63) is 35.9 Å². The Morgan fingerprint density at radius 2 is 1.86 bits per heavy atom. The second-order valence-corrected chi connectivity index (χ2v) is 8.23. The summed E-state index contributed by atoms with van der Waals surface area (Å²) in [4.78, 5) is 36.7. The van der Waals surface area contributed by atoms with E-state index in [-0.39, 0.29) is 11.4 Å². The highest BCUT2D eigenvalue weighted by molar-refractivity contribution is 7.89. The summed E-state index contributed by atoms with van der Waals surface area (Å²) in [6, 6.07) is 5.58. The number of benzene rings is 1. The molecule has 0 aromatic heterocycles. The summed E-state index contributed by atoms with van der Waals surface area (Å²) in [6.07, 6.45) is 1.50. The molecule has 1 aliphatic heterocycles. The van der Waals surface area contributed by atoms with Gasteiger partial charge in [0.05, 0.1) is 4.90 Å². The molecule has 1 aromatic rings. The van der Waals surface area contributed by atoms with E-state index in [0.717, 1.165) is 11.0 Å². The van der Waals surface area contributed by atoms with Crippen LogP contribution in [-0.2, 0) is 24.3 Å². The monoisotopic (exact) mass is 423 g/mol. The molecule has 1 fully saturated rings. The van der Waals surface area contributed by atoms with Gasteiger partial charge in [-0.3, -0.25) is 9.69 Å². The highest BCUT2D eigenvalue weighted by Gasteiger charge is 2.31. The van der Waals surface area contributed by atoms with Crippen LogP contribution in [0.3, 0.4) is 0 Å². The number of amides is 3. The van der Waals surface area contributed by atoms with Crippen molar-refractivity contribution in [2.75, 3.05) is 26.2 Å². The number of hydrogen-bond acceptors (Lipinski definition) is 6. The standard InChI is InChI=1S/C19H25N3O6S/c1-4-21(5-2)29(26,27)16-9-6-15(7-10-16)8-11-17(23)28-14(3)18(24)22-13-12-20-19(22)25/h6-11,14H,4-5,12-13H2,1-3H3,(H,20,25)/b11-8+. The van der Waals surface area contributed by atoms with Crippen LogP contribution in [0, 0.1) is 0 Å². The number of sulfonamides is 1.